The number of urea groups is 1. The summed E-state index contributed by atoms with van der Waals surface area (Å²) in [5, 5.41) is 21.1. The van der Waals surface area contributed by atoms with E-state index >= 15 is 0 Å². The molecule has 0 bridgehead atoms. The maximum atomic E-state index is 11.3. The molecule has 13 heavy (non-hydrogen) atoms. The maximum Gasteiger partial charge on any atom is 0.317 e. The molecule has 0 saturated carbocycles. The molecular weight excluding hydrogens is 172 g/mol. The van der Waals surface area contributed by atoms with Gasteiger partial charge in [-0.25, -0.2) is 4.79 Å². The number of carbonyl (C=O) groups excluding carboxylic acids is 1. The van der Waals surface area contributed by atoms with Gasteiger partial charge in [-0.15, -0.1) is 0 Å². The van der Waals surface area contributed by atoms with Crippen LogP contribution in [0.3, 0.4) is 0 Å². The Bertz CT molecular complexity index is 198. The summed E-state index contributed by atoms with van der Waals surface area (Å²) in [7, 11) is 0. The van der Waals surface area contributed by atoms with E-state index in [1.807, 2.05) is 6.92 Å². The molecule has 5 nitrogen and oxygen atoms in total. The summed E-state index contributed by atoms with van der Waals surface area (Å²) in [6.07, 6.45) is 0.445. The summed E-state index contributed by atoms with van der Waals surface area (Å²) < 4.78 is 0. The molecule has 1 atom stereocenters. The van der Waals surface area contributed by atoms with Gasteiger partial charge in [0.25, 0.3) is 0 Å². The molecule has 1 heterocycles. The van der Waals surface area contributed by atoms with E-state index in [9.17, 15) is 9.90 Å². The van der Waals surface area contributed by atoms with Crippen molar-refractivity contribution >= 4 is 6.03 Å². The number of nitrogens with one attached hydrogen (secondary N) is 1. The first-order valence-electron chi connectivity index (χ1n) is 4.47. The fourth-order valence-corrected chi connectivity index (χ4v) is 1.42. The van der Waals surface area contributed by atoms with Crippen LogP contribution in [0.1, 0.15) is 13.3 Å². The normalized spacial score (nSPS) is 27.8. The average molecular weight is 188 g/mol. The molecule has 3 N–H and O–H groups in total. The van der Waals surface area contributed by atoms with Gasteiger partial charge in [0.1, 0.15) is 5.60 Å². The van der Waals surface area contributed by atoms with Crippen molar-refractivity contribution in [3.05, 3.63) is 0 Å². The molecule has 2 amide bonds. The minimum absolute atomic E-state index is 0.174. The number of aliphatic hydroxyl groups is 2. The summed E-state index contributed by atoms with van der Waals surface area (Å²) in [5.74, 6) is 0. The first kappa shape index (κ1) is 10.3. The number of β-amino-alcohol motifs (C(OH)–C–C–N with tert-alkyl or cyclic N) is 1. The molecule has 0 radical (unpaired) electrons. The zero-order chi connectivity index (χ0) is 9.90. The lowest BCUT2D eigenvalue weighted by molar-refractivity contribution is -0.00278. The van der Waals surface area contributed by atoms with Gasteiger partial charge in [-0.3, -0.25) is 0 Å². The smallest absolute Gasteiger partial charge is 0.317 e. The second kappa shape index (κ2) is 3.93. The quantitative estimate of drug-likeness (QED) is 0.528. The number of rotatable bonds is 2. The highest BCUT2D eigenvalue weighted by Gasteiger charge is 2.37. The van der Waals surface area contributed by atoms with E-state index in [-0.39, 0.29) is 19.2 Å². The number of amides is 2. The van der Waals surface area contributed by atoms with Gasteiger partial charge in [0.2, 0.25) is 0 Å². The minimum Gasteiger partial charge on any atom is -0.393 e. The molecule has 1 unspecified atom stereocenters. The van der Waals surface area contributed by atoms with E-state index in [2.05, 4.69) is 5.32 Å². The average Bonchev–Trinajstić information content (AvgIpc) is 2.50. The maximum absolute atomic E-state index is 11.3. The molecule has 0 aliphatic carbocycles. The molecule has 1 aliphatic rings. The van der Waals surface area contributed by atoms with Crippen molar-refractivity contribution in [3.8, 4) is 0 Å². The van der Waals surface area contributed by atoms with E-state index in [1.165, 1.54) is 4.90 Å². The van der Waals surface area contributed by atoms with Crippen LogP contribution in [0.2, 0.25) is 0 Å². The molecule has 1 aliphatic heterocycles. The van der Waals surface area contributed by atoms with Crippen LogP contribution in [0, 0.1) is 0 Å². The van der Waals surface area contributed by atoms with Gasteiger partial charge < -0.3 is 20.4 Å². The number of aliphatic hydroxyl groups excluding tert-OH is 1. The lowest BCUT2D eigenvalue weighted by Gasteiger charge is -2.20. The summed E-state index contributed by atoms with van der Waals surface area (Å²) in [6.45, 7) is 2.85. The van der Waals surface area contributed by atoms with Crippen LogP contribution in [-0.2, 0) is 0 Å². The van der Waals surface area contributed by atoms with Crippen molar-refractivity contribution in [2.45, 2.75) is 18.9 Å². The summed E-state index contributed by atoms with van der Waals surface area (Å²) in [5.41, 5.74) is -1.09. The number of hydrogen-bond acceptors (Lipinski definition) is 3. The van der Waals surface area contributed by atoms with Crippen molar-refractivity contribution in [2.75, 3.05) is 26.2 Å². The van der Waals surface area contributed by atoms with Gasteiger partial charge in [-0.2, -0.15) is 0 Å². The molecule has 0 spiro atoms. The predicted octanol–water partition coefficient (Wildman–Crippen LogP) is -0.855. The third-order valence-electron chi connectivity index (χ3n) is 2.24. The first-order chi connectivity index (χ1) is 6.11. The highest BCUT2D eigenvalue weighted by atomic mass is 16.3. The van der Waals surface area contributed by atoms with Crippen molar-refractivity contribution in [3.63, 3.8) is 0 Å². The topological polar surface area (TPSA) is 72.8 Å². The Hall–Kier alpha value is -0.810. The third-order valence-corrected chi connectivity index (χ3v) is 2.24. The number of nitrogens with zero attached hydrogens (tertiary/aromatic N) is 1. The van der Waals surface area contributed by atoms with Crippen LogP contribution in [-0.4, -0.2) is 53.0 Å². The zero-order valence-electron chi connectivity index (χ0n) is 7.79. The van der Waals surface area contributed by atoms with Crippen molar-refractivity contribution in [1.82, 2.24) is 10.2 Å². The SMILES string of the molecule is CCNC(=O)N1CCC(O)(CO)C1. The predicted molar refractivity (Wildman–Crippen MR) is 47.3 cm³/mol. The van der Waals surface area contributed by atoms with Crippen LogP contribution in [0.5, 0.6) is 0 Å². The van der Waals surface area contributed by atoms with Crippen LogP contribution < -0.4 is 5.32 Å². The van der Waals surface area contributed by atoms with Crippen molar-refractivity contribution in [1.29, 1.82) is 0 Å². The Morgan fingerprint density at radius 1 is 1.69 bits per heavy atom. The largest absolute Gasteiger partial charge is 0.393 e. The van der Waals surface area contributed by atoms with Crippen molar-refractivity contribution in [2.24, 2.45) is 0 Å². The second-order valence-corrected chi connectivity index (χ2v) is 3.39. The second-order valence-electron chi connectivity index (χ2n) is 3.39. The zero-order valence-corrected chi connectivity index (χ0v) is 7.79. The third kappa shape index (κ3) is 2.32. The lowest BCUT2D eigenvalue weighted by atomic mass is 10.1. The van der Waals surface area contributed by atoms with Gasteiger partial charge in [-0.1, -0.05) is 0 Å². The molecule has 76 valence electrons. The van der Waals surface area contributed by atoms with Gasteiger partial charge in [0, 0.05) is 13.1 Å². The number of hydrogen-bond donors (Lipinski definition) is 3. The fourth-order valence-electron chi connectivity index (χ4n) is 1.42. The molecule has 5 heteroatoms. The molecule has 0 aromatic carbocycles. The number of likely N-dealkylation sites (tertiary alicyclic amines) is 1. The van der Waals surface area contributed by atoms with E-state index < -0.39 is 5.60 Å². The Labute approximate surface area is 77.3 Å². The minimum atomic E-state index is -1.09. The number of carbonyl (C=O) groups is 1. The Morgan fingerprint density at radius 3 is 2.85 bits per heavy atom. The van der Waals surface area contributed by atoms with Gasteiger partial charge in [-0.05, 0) is 13.3 Å². The van der Waals surface area contributed by atoms with Gasteiger partial charge >= 0.3 is 6.03 Å². The standard InChI is InChI=1S/C8H16N2O3/c1-2-9-7(12)10-4-3-8(13,5-10)6-11/h11,13H,2-6H2,1H3,(H,9,12). The monoisotopic (exact) mass is 188 g/mol. The van der Waals surface area contributed by atoms with Crippen molar-refractivity contribution < 1.29 is 15.0 Å². The molecule has 1 fully saturated rings. The Balaban J connectivity index is 2.45. The Morgan fingerprint density at radius 2 is 2.38 bits per heavy atom. The van der Waals surface area contributed by atoms with Gasteiger partial charge in [0.15, 0.2) is 0 Å². The summed E-state index contributed by atoms with van der Waals surface area (Å²) in [6, 6.07) is -0.174. The molecule has 0 aromatic heterocycles. The Kier molecular flexibility index (Phi) is 3.11. The first-order valence-corrected chi connectivity index (χ1v) is 4.47. The summed E-state index contributed by atoms with van der Waals surface area (Å²) >= 11 is 0. The molecule has 0 aromatic rings. The highest BCUT2D eigenvalue weighted by molar-refractivity contribution is 5.74. The lowest BCUT2D eigenvalue weighted by Crippen LogP contribution is -2.42. The van der Waals surface area contributed by atoms with Crippen LogP contribution in [0.4, 0.5) is 4.79 Å². The van der Waals surface area contributed by atoms with E-state index in [0.717, 1.165) is 0 Å². The van der Waals surface area contributed by atoms with E-state index in [0.29, 0.717) is 19.5 Å². The van der Waals surface area contributed by atoms with Crippen LogP contribution in [0.15, 0.2) is 0 Å². The van der Waals surface area contributed by atoms with E-state index in [1.54, 1.807) is 0 Å². The molecule has 1 saturated heterocycles. The molecule has 1 rings (SSSR count). The highest BCUT2D eigenvalue weighted by Crippen LogP contribution is 2.20. The molecular formula is C8H16N2O3. The fraction of sp³-hybridized carbons (Fsp3) is 0.875. The van der Waals surface area contributed by atoms with Crippen LogP contribution in [0.25, 0.3) is 0 Å². The van der Waals surface area contributed by atoms with Gasteiger partial charge in [0.05, 0.1) is 13.2 Å². The summed E-state index contributed by atoms with van der Waals surface area (Å²) in [4.78, 5) is 12.8. The van der Waals surface area contributed by atoms with Crippen LogP contribution >= 0.6 is 0 Å². The van der Waals surface area contributed by atoms with E-state index in [4.69, 9.17) is 5.11 Å².